The molecule has 0 N–H and O–H groups in total. The van der Waals surface area contributed by atoms with Gasteiger partial charge in [0.1, 0.15) is 18.0 Å². The number of nitrogens with zero attached hydrogens (tertiary/aromatic N) is 3. The molecule has 34 heavy (non-hydrogen) atoms. The van der Waals surface area contributed by atoms with Crippen molar-refractivity contribution in [1.82, 2.24) is 9.91 Å². The number of hydrogen-bond acceptors (Lipinski definition) is 6. The van der Waals surface area contributed by atoms with E-state index in [0.29, 0.717) is 19.6 Å². The fourth-order valence-corrected chi connectivity index (χ4v) is 4.10. The van der Waals surface area contributed by atoms with Gasteiger partial charge in [-0.2, -0.15) is 5.10 Å². The van der Waals surface area contributed by atoms with Gasteiger partial charge in [0.05, 0.1) is 32.6 Å². The van der Waals surface area contributed by atoms with Gasteiger partial charge in [0, 0.05) is 31.6 Å². The highest BCUT2D eigenvalue weighted by Crippen LogP contribution is 2.35. The molecule has 8 nitrogen and oxygen atoms in total. The molecule has 1 heterocycles. The third-order valence-corrected chi connectivity index (χ3v) is 6.20. The lowest BCUT2D eigenvalue weighted by molar-refractivity contribution is -0.142. The quantitative estimate of drug-likeness (QED) is 0.538. The lowest BCUT2D eigenvalue weighted by atomic mass is 9.98. The fraction of sp³-hybridized carbons (Fsp3) is 0.423. The van der Waals surface area contributed by atoms with Crippen LogP contribution in [0.25, 0.3) is 0 Å². The molecule has 8 heteroatoms. The van der Waals surface area contributed by atoms with E-state index in [0.717, 1.165) is 41.2 Å². The maximum absolute atomic E-state index is 13.5. The number of hydrogen-bond donors (Lipinski definition) is 0. The van der Waals surface area contributed by atoms with Crippen LogP contribution in [0, 0.1) is 5.92 Å². The van der Waals surface area contributed by atoms with Crippen LogP contribution in [0.1, 0.15) is 36.4 Å². The summed E-state index contributed by atoms with van der Waals surface area (Å²) in [5.41, 5.74) is 2.65. The second kappa shape index (κ2) is 10.7. The molecule has 0 aromatic heterocycles. The van der Waals surface area contributed by atoms with Crippen LogP contribution in [0.3, 0.4) is 0 Å². The molecule has 0 radical (unpaired) electrons. The number of carbonyl (C=O) groups is 2. The van der Waals surface area contributed by atoms with E-state index in [1.165, 1.54) is 5.01 Å². The predicted molar refractivity (Wildman–Crippen MR) is 128 cm³/mol. The number of hydrazone groups is 1. The van der Waals surface area contributed by atoms with Crippen molar-refractivity contribution in [2.75, 3.05) is 41.0 Å². The van der Waals surface area contributed by atoms with Crippen LogP contribution in [0.4, 0.5) is 0 Å². The molecule has 1 aliphatic heterocycles. The van der Waals surface area contributed by atoms with E-state index in [4.69, 9.17) is 19.3 Å². The van der Waals surface area contributed by atoms with Gasteiger partial charge in [-0.25, -0.2) is 5.01 Å². The summed E-state index contributed by atoms with van der Waals surface area (Å²) in [6.45, 7) is 0.733. The Labute approximate surface area is 200 Å². The fourth-order valence-electron chi connectivity index (χ4n) is 4.10. The molecule has 1 saturated carbocycles. The molecule has 180 valence electrons. The van der Waals surface area contributed by atoms with Crippen LogP contribution in [-0.2, 0) is 14.3 Å². The van der Waals surface area contributed by atoms with E-state index >= 15 is 0 Å². The summed E-state index contributed by atoms with van der Waals surface area (Å²) in [5, 5.41) is 6.26. The van der Waals surface area contributed by atoms with Gasteiger partial charge in [-0.15, -0.1) is 0 Å². The zero-order chi connectivity index (χ0) is 24.1. The molecule has 2 aromatic rings. The Kier molecular flexibility index (Phi) is 7.47. The highest BCUT2D eigenvalue weighted by molar-refractivity contribution is 6.03. The SMILES string of the molecule is COCCN(CC(=O)N1N=C(c2cccc(OC)c2)C[C@@H]1c1ccc(OC)cc1)C(=O)C1CC1. The second-order valence-electron chi connectivity index (χ2n) is 8.54. The summed E-state index contributed by atoms with van der Waals surface area (Å²) in [7, 11) is 4.83. The van der Waals surface area contributed by atoms with Gasteiger partial charge in [0.15, 0.2) is 0 Å². The number of methoxy groups -OCH3 is 3. The lowest BCUT2D eigenvalue weighted by Crippen LogP contribution is -2.43. The molecule has 0 bridgehead atoms. The average molecular weight is 466 g/mol. The molecule has 0 spiro atoms. The smallest absolute Gasteiger partial charge is 0.262 e. The van der Waals surface area contributed by atoms with E-state index in [2.05, 4.69) is 0 Å². The summed E-state index contributed by atoms with van der Waals surface area (Å²) < 4.78 is 15.8. The first-order valence-electron chi connectivity index (χ1n) is 11.5. The van der Waals surface area contributed by atoms with Crippen molar-refractivity contribution in [2.45, 2.75) is 25.3 Å². The summed E-state index contributed by atoms with van der Waals surface area (Å²) in [6.07, 6.45) is 2.32. The summed E-state index contributed by atoms with van der Waals surface area (Å²) in [4.78, 5) is 27.9. The number of carbonyl (C=O) groups excluding carboxylic acids is 2. The topological polar surface area (TPSA) is 80.7 Å². The summed E-state index contributed by atoms with van der Waals surface area (Å²) in [5.74, 6) is 1.30. The van der Waals surface area contributed by atoms with E-state index in [-0.39, 0.29) is 30.3 Å². The van der Waals surface area contributed by atoms with Crippen molar-refractivity contribution in [3.05, 3.63) is 59.7 Å². The maximum Gasteiger partial charge on any atom is 0.262 e. The highest BCUT2D eigenvalue weighted by atomic mass is 16.5. The number of rotatable bonds is 10. The van der Waals surface area contributed by atoms with Crippen molar-refractivity contribution in [3.63, 3.8) is 0 Å². The van der Waals surface area contributed by atoms with Crippen molar-refractivity contribution in [3.8, 4) is 11.5 Å². The molecule has 1 atom stereocenters. The standard InChI is InChI=1S/C26H31N3O5/c1-32-14-13-28(26(31)19-7-8-19)17-25(30)29-24(18-9-11-21(33-2)12-10-18)16-23(27-29)20-5-4-6-22(15-20)34-3/h4-6,9-12,15,19,24H,7-8,13-14,16-17H2,1-3H3/t24-/m1/s1. The summed E-state index contributed by atoms with van der Waals surface area (Å²) >= 11 is 0. The molecular formula is C26H31N3O5. The maximum atomic E-state index is 13.5. The predicted octanol–water partition coefficient (Wildman–Crippen LogP) is 3.27. The zero-order valence-corrected chi connectivity index (χ0v) is 19.9. The number of amides is 2. The van der Waals surface area contributed by atoms with Gasteiger partial charge in [-0.1, -0.05) is 24.3 Å². The van der Waals surface area contributed by atoms with Gasteiger partial charge in [-0.05, 0) is 42.7 Å². The average Bonchev–Trinajstić information content (AvgIpc) is 3.63. The van der Waals surface area contributed by atoms with Gasteiger partial charge < -0.3 is 19.1 Å². The first kappa shape index (κ1) is 23.8. The highest BCUT2D eigenvalue weighted by Gasteiger charge is 2.37. The first-order chi connectivity index (χ1) is 16.5. The molecule has 2 aliphatic rings. The minimum Gasteiger partial charge on any atom is -0.497 e. The molecule has 4 rings (SSSR count). The Bertz CT molecular complexity index is 1050. The minimum absolute atomic E-state index is 0.0163. The Morgan fingerprint density at radius 3 is 2.41 bits per heavy atom. The van der Waals surface area contributed by atoms with Crippen molar-refractivity contribution in [1.29, 1.82) is 0 Å². The van der Waals surface area contributed by atoms with Crippen LogP contribution >= 0.6 is 0 Å². The zero-order valence-electron chi connectivity index (χ0n) is 19.9. The van der Waals surface area contributed by atoms with E-state index in [1.807, 2.05) is 48.5 Å². The van der Waals surface area contributed by atoms with E-state index in [1.54, 1.807) is 26.2 Å². The largest absolute Gasteiger partial charge is 0.497 e. The molecule has 1 fully saturated rings. The lowest BCUT2D eigenvalue weighted by Gasteiger charge is -2.27. The van der Waals surface area contributed by atoms with Gasteiger partial charge in [0.25, 0.3) is 5.91 Å². The third-order valence-electron chi connectivity index (χ3n) is 6.20. The van der Waals surface area contributed by atoms with Crippen LogP contribution in [0.2, 0.25) is 0 Å². The van der Waals surface area contributed by atoms with Crippen LogP contribution in [0.15, 0.2) is 53.6 Å². The van der Waals surface area contributed by atoms with Crippen molar-refractivity contribution >= 4 is 17.5 Å². The van der Waals surface area contributed by atoms with Crippen molar-refractivity contribution in [2.24, 2.45) is 11.0 Å². The van der Waals surface area contributed by atoms with Crippen LogP contribution < -0.4 is 9.47 Å². The number of ether oxygens (including phenoxy) is 3. The summed E-state index contributed by atoms with van der Waals surface area (Å²) in [6, 6.07) is 15.0. The molecular weight excluding hydrogens is 434 g/mol. The first-order valence-corrected chi connectivity index (χ1v) is 11.5. The molecule has 0 saturated heterocycles. The van der Waals surface area contributed by atoms with Crippen molar-refractivity contribution < 1.29 is 23.8 Å². The van der Waals surface area contributed by atoms with Crippen LogP contribution in [0.5, 0.6) is 11.5 Å². The van der Waals surface area contributed by atoms with Gasteiger partial charge in [0.2, 0.25) is 5.91 Å². The Morgan fingerprint density at radius 2 is 1.76 bits per heavy atom. The number of benzene rings is 2. The third kappa shape index (κ3) is 5.39. The normalized spacial score (nSPS) is 17.3. The monoisotopic (exact) mass is 465 g/mol. The Balaban J connectivity index is 1.61. The second-order valence-corrected chi connectivity index (χ2v) is 8.54. The molecule has 2 amide bonds. The Hall–Kier alpha value is -3.39. The minimum atomic E-state index is -0.278. The van der Waals surface area contributed by atoms with E-state index < -0.39 is 0 Å². The molecule has 0 unspecified atom stereocenters. The van der Waals surface area contributed by atoms with Gasteiger partial charge >= 0.3 is 0 Å². The molecule has 1 aliphatic carbocycles. The van der Waals surface area contributed by atoms with Gasteiger partial charge in [-0.3, -0.25) is 9.59 Å². The van der Waals surface area contributed by atoms with E-state index in [9.17, 15) is 9.59 Å². The van der Waals surface area contributed by atoms with Crippen LogP contribution in [-0.4, -0.2) is 68.5 Å². The Morgan fingerprint density at radius 1 is 1.03 bits per heavy atom. The molecule has 2 aromatic carbocycles.